The van der Waals surface area contributed by atoms with Crippen molar-refractivity contribution in [3.8, 4) is 0 Å². The topological polar surface area (TPSA) is 9.72 Å². The molecule has 3 nitrogen and oxygen atoms in total. The Morgan fingerprint density at radius 3 is 1.96 bits per heavy atom. The van der Waals surface area contributed by atoms with Gasteiger partial charge in [-0.15, -0.1) is 0 Å². The van der Waals surface area contributed by atoms with Gasteiger partial charge >= 0.3 is 0 Å². The fourth-order valence-corrected chi connectivity index (χ4v) is 6.29. The fraction of sp³-hybridized carbons (Fsp3) is 1.00. The van der Waals surface area contributed by atoms with Gasteiger partial charge in [0.25, 0.3) is 0 Å². The van der Waals surface area contributed by atoms with Crippen LogP contribution >= 0.6 is 0 Å². The van der Waals surface area contributed by atoms with Crippen LogP contribution in [0.5, 0.6) is 0 Å². The minimum atomic E-state index is 0.695. The molecule has 1 saturated carbocycles. The lowest BCUT2D eigenvalue weighted by Crippen LogP contribution is -2.64. The number of likely N-dealkylation sites (tertiary alicyclic amines) is 3. The normalized spacial score (nSPS) is 30.2. The lowest BCUT2D eigenvalue weighted by atomic mass is 9.70. The van der Waals surface area contributed by atoms with E-state index < -0.39 is 0 Å². The molecule has 4 aliphatic rings. The van der Waals surface area contributed by atoms with E-state index in [0.717, 1.165) is 18.0 Å². The Bertz CT molecular complexity index is 458. The van der Waals surface area contributed by atoms with Gasteiger partial charge < -0.3 is 9.80 Å². The highest BCUT2D eigenvalue weighted by molar-refractivity contribution is 5.03. The minimum Gasteiger partial charge on any atom is -0.303 e. The molecular weight excluding hydrogens is 318 g/mol. The Morgan fingerprint density at radius 1 is 0.846 bits per heavy atom. The van der Waals surface area contributed by atoms with E-state index in [9.17, 15) is 0 Å². The highest BCUT2D eigenvalue weighted by atomic mass is 15.3. The summed E-state index contributed by atoms with van der Waals surface area (Å²) in [5.41, 5.74) is 1.41. The van der Waals surface area contributed by atoms with Crippen molar-refractivity contribution in [1.29, 1.82) is 0 Å². The van der Waals surface area contributed by atoms with Gasteiger partial charge in [0.15, 0.2) is 0 Å². The smallest absolute Gasteiger partial charge is 0.0120 e. The second-order valence-electron chi connectivity index (χ2n) is 11.1. The molecule has 3 aliphatic heterocycles. The first kappa shape index (κ1) is 19.2. The average Bonchev–Trinajstić information content (AvgIpc) is 3.32. The molecule has 0 aromatic carbocycles. The molecule has 3 heteroatoms. The van der Waals surface area contributed by atoms with Crippen molar-refractivity contribution in [2.45, 2.75) is 84.7 Å². The monoisotopic (exact) mass is 361 g/mol. The summed E-state index contributed by atoms with van der Waals surface area (Å²) in [5, 5.41) is 0. The van der Waals surface area contributed by atoms with E-state index in [2.05, 4.69) is 42.4 Å². The molecule has 0 amide bonds. The molecule has 3 saturated heterocycles. The Hall–Kier alpha value is -0.120. The molecule has 0 aromatic heterocycles. The number of rotatable bonds is 6. The number of hydrogen-bond donors (Lipinski definition) is 0. The molecule has 1 spiro atoms. The number of nitrogens with zero attached hydrogens (tertiary/aromatic N) is 3. The van der Waals surface area contributed by atoms with E-state index in [0.29, 0.717) is 10.8 Å². The number of hydrogen-bond acceptors (Lipinski definition) is 3. The largest absolute Gasteiger partial charge is 0.303 e. The molecular formula is C23H43N3. The second-order valence-corrected chi connectivity index (χ2v) is 11.1. The molecule has 0 N–H and O–H groups in total. The Morgan fingerprint density at radius 2 is 1.46 bits per heavy atom. The van der Waals surface area contributed by atoms with Gasteiger partial charge in [-0.1, -0.05) is 13.8 Å². The van der Waals surface area contributed by atoms with Crippen molar-refractivity contribution >= 4 is 0 Å². The maximum absolute atomic E-state index is 2.84. The van der Waals surface area contributed by atoms with Crippen LogP contribution in [0.25, 0.3) is 0 Å². The van der Waals surface area contributed by atoms with Crippen molar-refractivity contribution in [3.63, 3.8) is 0 Å². The van der Waals surface area contributed by atoms with Gasteiger partial charge in [0, 0.05) is 31.7 Å². The zero-order valence-corrected chi connectivity index (χ0v) is 18.0. The van der Waals surface area contributed by atoms with E-state index in [1.165, 1.54) is 90.8 Å². The zero-order valence-electron chi connectivity index (χ0n) is 18.0. The predicted octanol–water partition coefficient (Wildman–Crippen LogP) is 4.08. The van der Waals surface area contributed by atoms with Crippen LogP contribution in [0.3, 0.4) is 0 Å². The Kier molecular flexibility index (Phi) is 5.44. The Labute approximate surface area is 162 Å². The van der Waals surface area contributed by atoms with Crippen molar-refractivity contribution in [3.05, 3.63) is 0 Å². The van der Waals surface area contributed by atoms with Crippen LogP contribution in [0, 0.1) is 16.7 Å². The molecule has 4 fully saturated rings. The van der Waals surface area contributed by atoms with Crippen LogP contribution in [0.15, 0.2) is 0 Å². The van der Waals surface area contributed by atoms with Crippen LogP contribution in [0.1, 0.15) is 72.6 Å². The Balaban J connectivity index is 1.18. The maximum atomic E-state index is 2.84. The molecule has 3 heterocycles. The van der Waals surface area contributed by atoms with Gasteiger partial charge in [-0.05, 0) is 102 Å². The van der Waals surface area contributed by atoms with E-state index in [1.807, 2.05) is 0 Å². The molecule has 1 aliphatic carbocycles. The highest BCUT2D eigenvalue weighted by Crippen LogP contribution is 2.52. The van der Waals surface area contributed by atoms with E-state index in [1.54, 1.807) is 0 Å². The predicted molar refractivity (Wildman–Crippen MR) is 111 cm³/mol. The first-order valence-corrected chi connectivity index (χ1v) is 11.6. The fourth-order valence-electron chi connectivity index (χ4n) is 6.29. The molecule has 0 unspecified atom stereocenters. The van der Waals surface area contributed by atoms with Crippen molar-refractivity contribution in [1.82, 2.24) is 14.7 Å². The van der Waals surface area contributed by atoms with Crippen molar-refractivity contribution in [2.75, 3.05) is 45.8 Å². The van der Waals surface area contributed by atoms with Crippen LogP contribution in [0.2, 0.25) is 0 Å². The van der Waals surface area contributed by atoms with Gasteiger partial charge in [-0.25, -0.2) is 0 Å². The molecule has 0 radical (unpaired) electrons. The molecule has 26 heavy (non-hydrogen) atoms. The average molecular weight is 362 g/mol. The summed E-state index contributed by atoms with van der Waals surface area (Å²) in [5.74, 6) is 0.871. The van der Waals surface area contributed by atoms with Crippen LogP contribution < -0.4 is 0 Å². The SMILES string of the molecule is CC(C)CC1(CN2CCC3(CC2)CN(C2CCN(C(C)C)CC2)C3)CC1. The third-order valence-corrected chi connectivity index (χ3v) is 8.10. The van der Waals surface area contributed by atoms with Gasteiger partial charge in [0.2, 0.25) is 0 Å². The lowest BCUT2D eigenvalue weighted by molar-refractivity contribution is -0.0831. The summed E-state index contributed by atoms with van der Waals surface area (Å²) in [6.07, 6.45) is 10.2. The third kappa shape index (κ3) is 4.15. The summed E-state index contributed by atoms with van der Waals surface area (Å²) in [4.78, 5) is 8.33. The number of piperidine rings is 2. The summed E-state index contributed by atoms with van der Waals surface area (Å²) in [6.45, 7) is 19.1. The van der Waals surface area contributed by atoms with Crippen LogP contribution in [0.4, 0.5) is 0 Å². The quantitative estimate of drug-likeness (QED) is 0.706. The van der Waals surface area contributed by atoms with Gasteiger partial charge in [-0.2, -0.15) is 0 Å². The zero-order chi connectivity index (χ0) is 18.4. The van der Waals surface area contributed by atoms with E-state index in [-0.39, 0.29) is 0 Å². The third-order valence-electron chi connectivity index (χ3n) is 8.10. The lowest BCUT2D eigenvalue weighted by Gasteiger charge is -2.57. The van der Waals surface area contributed by atoms with Crippen molar-refractivity contribution in [2.24, 2.45) is 16.7 Å². The molecule has 0 aromatic rings. The standard InChI is InChI=1S/C23H43N3/c1-19(2)15-22(7-8-22)16-24-13-9-23(10-14-24)17-26(18-23)21-5-11-25(12-6-21)20(3)4/h19-21H,5-18H2,1-4H3. The van der Waals surface area contributed by atoms with Gasteiger partial charge in [0.1, 0.15) is 0 Å². The summed E-state index contributed by atoms with van der Waals surface area (Å²) in [6, 6.07) is 1.61. The van der Waals surface area contributed by atoms with E-state index >= 15 is 0 Å². The molecule has 0 bridgehead atoms. The minimum absolute atomic E-state index is 0.695. The summed E-state index contributed by atoms with van der Waals surface area (Å²) < 4.78 is 0. The van der Waals surface area contributed by atoms with Gasteiger partial charge in [-0.3, -0.25) is 4.90 Å². The summed E-state index contributed by atoms with van der Waals surface area (Å²) in [7, 11) is 0. The molecule has 4 rings (SSSR count). The van der Waals surface area contributed by atoms with E-state index in [4.69, 9.17) is 0 Å². The highest BCUT2D eigenvalue weighted by Gasteiger charge is 2.49. The maximum Gasteiger partial charge on any atom is 0.0120 e. The second kappa shape index (κ2) is 7.37. The van der Waals surface area contributed by atoms with Crippen LogP contribution in [-0.4, -0.2) is 72.6 Å². The first-order chi connectivity index (χ1) is 12.4. The van der Waals surface area contributed by atoms with Gasteiger partial charge in [0.05, 0.1) is 0 Å². The summed E-state index contributed by atoms with van der Waals surface area (Å²) >= 11 is 0. The molecule has 150 valence electrons. The van der Waals surface area contributed by atoms with Crippen LogP contribution in [-0.2, 0) is 0 Å². The molecule has 0 atom stereocenters. The first-order valence-electron chi connectivity index (χ1n) is 11.6. The van der Waals surface area contributed by atoms with Crippen molar-refractivity contribution < 1.29 is 0 Å².